The maximum Gasteiger partial charge on any atom is 0.406 e. The Balaban J connectivity index is 1.70. The highest BCUT2D eigenvalue weighted by Crippen LogP contribution is 2.38. The SMILES string of the molecule is COC(=O)NCCOc1cc([C@@H](C)N(C(=O)[C@H]2CNCCO2)C2CC2)ccc1OC. The van der Waals surface area contributed by atoms with Gasteiger partial charge in [-0.2, -0.15) is 0 Å². The number of amides is 2. The van der Waals surface area contributed by atoms with Crippen LogP contribution in [0.3, 0.4) is 0 Å². The highest BCUT2D eigenvalue weighted by Gasteiger charge is 2.40. The van der Waals surface area contributed by atoms with E-state index in [-0.39, 0.29) is 24.6 Å². The summed E-state index contributed by atoms with van der Waals surface area (Å²) < 4.78 is 21.4. The monoisotopic (exact) mass is 421 g/mol. The third kappa shape index (κ3) is 5.54. The zero-order valence-corrected chi connectivity index (χ0v) is 17.8. The summed E-state index contributed by atoms with van der Waals surface area (Å²) in [6.07, 6.45) is 1.07. The number of carbonyl (C=O) groups is 2. The summed E-state index contributed by atoms with van der Waals surface area (Å²) in [5.41, 5.74) is 0.954. The lowest BCUT2D eigenvalue weighted by atomic mass is 10.0. The first-order chi connectivity index (χ1) is 14.5. The number of carbonyl (C=O) groups excluding carboxylic acids is 2. The number of hydrogen-bond acceptors (Lipinski definition) is 7. The van der Waals surface area contributed by atoms with Crippen LogP contribution < -0.4 is 20.1 Å². The van der Waals surface area contributed by atoms with Crippen molar-refractivity contribution in [3.63, 3.8) is 0 Å². The second kappa shape index (κ2) is 10.5. The van der Waals surface area contributed by atoms with Crippen LogP contribution in [-0.4, -0.2) is 76.1 Å². The molecular formula is C21H31N3O6. The van der Waals surface area contributed by atoms with Crippen LogP contribution in [0.4, 0.5) is 4.79 Å². The minimum atomic E-state index is -0.508. The minimum absolute atomic E-state index is 0.0257. The van der Waals surface area contributed by atoms with Crippen molar-refractivity contribution in [1.29, 1.82) is 0 Å². The molecule has 1 heterocycles. The van der Waals surface area contributed by atoms with E-state index in [0.717, 1.165) is 24.9 Å². The molecule has 1 aromatic carbocycles. The van der Waals surface area contributed by atoms with Gasteiger partial charge in [0.1, 0.15) is 12.7 Å². The fourth-order valence-corrected chi connectivity index (χ4v) is 3.54. The van der Waals surface area contributed by atoms with Gasteiger partial charge in [0.15, 0.2) is 11.5 Å². The molecule has 2 N–H and O–H groups in total. The summed E-state index contributed by atoms with van der Waals surface area (Å²) in [6.45, 7) is 4.44. The largest absolute Gasteiger partial charge is 0.493 e. The van der Waals surface area contributed by atoms with Gasteiger partial charge in [-0.25, -0.2) is 4.79 Å². The molecule has 1 aliphatic heterocycles. The number of hydrogen-bond donors (Lipinski definition) is 2. The van der Waals surface area contributed by atoms with Gasteiger partial charge in [-0.1, -0.05) is 6.07 Å². The van der Waals surface area contributed by atoms with Crippen molar-refractivity contribution in [2.45, 2.75) is 38.0 Å². The second-order valence-electron chi connectivity index (χ2n) is 7.39. The minimum Gasteiger partial charge on any atom is -0.493 e. The van der Waals surface area contributed by atoms with Crippen LogP contribution in [0, 0.1) is 0 Å². The maximum absolute atomic E-state index is 13.2. The predicted octanol–water partition coefficient (Wildman–Crippen LogP) is 1.47. The van der Waals surface area contributed by atoms with Gasteiger partial charge >= 0.3 is 6.09 Å². The van der Waals surface area contributed by atoms with Crippen LogP contribution in [-0.2, 0) is 14.3 Å². The highest BCUT2D eigenvalue weighted by atomic mass is 16.5. The van der Waals surface area contributed by atoms with Gasteiger partial charge in [-0.05, 0) is 37.5 Å². The quantitative estimate of drug-likeness (QED) is 0.583. The molecular weight excluding hydrogens is 390 g/mol. The Bertz CT molecular complexity index is 733. The van der Waals surface area contributed by atoms with Crippen molar-refractivity contribution >= 4 is 12.0 Å². The van der Waals surface area contributed by atoms with E-state index in [1.165, 1.54) is 7.11 Å². The molecule has 30 heavy (non-hydrogen) atoms. The molecule has 2 amide bonds. The fraction of sp³-hybridized carbons (Fsp3) is 0.619. The van der Waals surface area contributed by atoms with E-state index >= 15 is 0 Å². The molecule has 0 radical (unpaired) electrons. The van der Waals surface area contributed by atoms with Crippen LogP contribution in [0.1, 0.15) is 31.4 Å². The first kappa shape index (κ1) is 22.2. The lowest BCUT2D eigenvalue weighted by Gasteiger charge is -2.34. The van der Waals surface area contributed by atoms with Gasteiger partial charge in [-0.3, -0.25) is 4.79 Å². The van der Waals surface area contributed by atoms with Gasteiger partial charge in [0.2, 0.25) is 0 Å². The number of ether oxygens (including phenoxy) is 4. The topological polar surface area (TPSA) is 98.4 Å². The molecule has 0 aromatic heterocycles. The van der Waals surface area contributed by atoms with Gasteiger partial charge in [0, 0.05) is 19.1 Å². The number of benzene rings is 1. The lowest BCUT2D eigenvalue weighted by Crippen LogP contribution is -2.50. The third-order valence-corrected chi connectivity index (χ3v) is 5.30. The summed E-state index contributed by atoms with van der Waals surface area (Å²) in [7, 11) is 2.89. The first-order valence-electron chi connectivity index (χ1n) is 10.3. The molecule has 2 aliphatic rings. The Morgan fingerprint density at radius 3 is 2.73 bits per heavy atom. The average molecular weight is 421 g/mol. The van der Waals surface area contributed by atoms with Gasteiger partial charge < -0.3 is 34.5 Å². The molecule has 0 bridgehead atoms. The Kier molecular flexibility index (Phi) is 7.75. The molecule has 9 nitrogen and oxygen atoms in total. The summed E-state index contributed by atoms with van der Waals surface area (Å²) in [5, 5.41) is 5.80. The summed E-state index contributed by atoms with van der Waals surface area (Å²) in [4.78, 5) is 26.3. The predicted molar refractivity (Wildman–Crippen MR) is 110 cm³/mol. The van der Waals surface area contributed by atoms with E-state index in [2.05, 4.69) is 15.4 Å². The number of nitrogens with zero attached hydrogens (tertiary/aromatic N) is 1. The van der Waals surface area contributed by atoms with Crippen molar-refractivity contribution < 1.29 is 28.5 Å². The number of nitrogens with one attached hydrogen (secondary N) is 2. The molecule has 2 fully saturated rings. The van der Waals surface area contributed by atoms with Crippen LogP contribution in [0.15, 0.2) is 18.2 Å². The zero-order chi connectivity index (χ0) is 21.5. The van der Waals surface area contributed by atoms with Crippen LogP contribution in [0.2, 0.25) is 0 Å². The zero-order valence-electron chi connectivity index (χ0n) is 17.8. The smallest absolute Gasteiger partial charge is 0.406 e. The molecule has 3 rings (SSSR count). The van der Waals surface area contributed by atoms with E-state index in [0.29, 0.717) is 31.2 Å². The maximum atomic E-state index is 13.2. The van der Waals surface area contributed by atoms with Gasteiger partial charge in [-0.15, -0.1) is 0 Å². The van der Waals surface area contributed by atoms with E-state index < -0.39 is 12.2 Å². The normalized spacial score (nSPS) is 19.5. The molecule has 2 atom stereocenters. The number of morpholine rings is 1. The molecule has 0 unspecified atom stereocenters. The van der Waals surface area contributed by atoms with Crippen molar-refractivity contribution in [3.8, 4) is 11.5 Å². The number of rotatable bonds is 9. The number of alkyl carbamates (subject to hydrolysis) is 1. The van der Waals surface area contributed by atoms with Gasteiger partial charge in [0.05, 0.1) is 33.4 Å². The molecule has 1 aromatic rings. The highest BCUT2D eigenvalue weighted by molar-refractivity contribution is 5.82. The van der Waals surface area contributed by atoms with Crippen molar-refractivity contribution in [2.24, 2.45) is 0 Å². The standard InChI is InChI=1S/C21H31N3O6/c1-14(24(16-5-6-16)20(25)19-13-22-8-10-30-19)15-4-7-17(27-2)18(12-15)29-11-9-23-21(26)28-3/h4,7,12,14,16,19,22H,5-6,8-11,13H2,1-3H3,(H,23,26)/t14-,19-/m1/s1. The Morgan fingerprint density at radius 2 is 2.10 bits per heavy atom. The molecule has 1 saturated heterocycles. The van der Waals surface area contributed by atoms with E-state index in [9.17, 15) is 9.59 Å². The number of methoxy groups -OCH3 is 2. The molecule has 0 spiro atoms. The average Bonchev–Trinajstić information content (AvgIpc) is 3.62. The molecule has 1 saturated carbocycles. The van der Waals surface area contributed by atoms with E-state index in [1.54, 1.807) is 7.11 Å². The molecule has 1 aliphatic carbocycles. The Labute approximate surface area is 177 Å². The summed E-state index contributed by atoms with van der Waals surface area (Å²) in [5.74, 6) is 1.18. The Morgan fingerprint density at radius 1 is 1.30 bits per heavy atom. The van der Waals surface area contributed by atoms with Crippen LogP contribution in [0.25, 0.3) is 0 Å². The summed E-state index contributed by atoms with van der Waals surface area (Å²) >= 11 is 0. The van der Waals surface area contributed by atoms with Crippen LogP contribution in [0.5, 0.6) is 11.5 Å². The van der Waals surface area contributed by atoms with Gasteiger partial charge in [0.25, 0.3) is 5.91 Å². The fourth-order valence-electron chi connectivity index (χ4n) is 3.54. The van der Waals surface area contributed by atoms with E-state index in [1.807, 2.05) is 30.0 Å². The lowest BCUT2D eigenvalue weighted by molar-refractivity contribution is -0.148. The summed E-state index contributed by atoms with van der Waals surface area (Å²) in [6, 6.07) is 5.80. The van der Waals surface area contributed by atoms with Crippen molar-refractivity contribution in [2.75, 3.05) is 47.1 Å². The van der Waals surface area contributed by atoms with Crippen molar-refractivity contribution in [3.05, 3.63) is 23.8 Å². The van der Waals surface area contributed by atoms with E-state index in [4.69, 9.17) is 14.2 Å². The third-order valence-electron chi connectivity index (χ3n) is 5.30. The Hall–Kier alpha value is -2.52. The van der Waals surface area contributed by atoms with Crippen molar-refractivity contribution in [1.82, 2.24) is 15.5 Å². The molecule has 166 valence electrons. The first-order valence-corrected chi connectivity index (χ1v) is 10.3. The second-order valence-corrected chi connectivity index (χ2v) is 7.39. The van der Waals surface area contributed by atoms with Crippen LogP contribution >= 0.6 is 0 Å². The molecule has 9 heteroatoms.